The Balaban J connectivity index is 2.86. The number of rotatable bonds is 3. The van der Waals surface area contributed by atoms with Crippen LogP contribution in [0.2, 0.25) is 0 Å². The molecule has 1 N–H and O–H groups in total. The van der Waals surface area contributed by atoms with Gasteiger partial charge < -0.3 is 10.1 Å². The molecule has 0 unspecified atom stereocenters. The monoisotopic (exact) mass is 271 g/mol. The molecule has 1 rings (SSSR count). The normalized spacial score (nSPS) is 10.9. The van der Waals surface area contributed by atoms with Gasteiger partial charge in [-0.1, -0.05) is 12.1 Å². The van der Waals surface area contributed by atoms with Crippen LogP contribution < -0.4 is 5.32 Å². The fourth-order valence-electron chi connectivity index (χ4n) is 1.21. The van der Waals surface area contributed by atoms with Crippen molar-refractivity contribution in [2.24, 2.45) is 0 Å². The van der Waals surface area contributed by atoms with Crippen LogP contribution in [0.25, 0.3) is 0 Å². The molecule has 0 aliphatic carbocycles. The highest BCUT2D eigenvalue weighted by Crippen LogP contribution is 2.25. The van der Waals surface area contributed by atoms with Gasteiger partial charge in [0.05, 0.1) is 7.11 Å². The standard InChI is InChI=1S/C11H14BrNO2/c1-11(2,10(14)15-3)13-9-7-5-4-6-8(9)12/h4-7,13H,1-3H3. The molecule has 0 atom stereocenters. The lowest BCUT2D eigenvalue weighted by Crippen LogP contribution is -2.41. The Kier molecular flexibility index (Phi) is 3.74. The van der Waals surface area contributed by atoms with Gasteiger partial charge in [0.15, 0.2) is 0 Å². The van der Waals surface area contributed by atoms with Gasteiger partial charge >= 0.3 is 5.97 Å². The Hall–Kier alpha value is -1.03. The van der Waals surface area contributed by atoms with Gasteiger partial charge in [-0.3, -0.25) is 0 Å². The summed E-state index contributed by atoms with van der Waals surface area (Å²) >= 11 is 3.41. The Bertz CT molecular complexity index is 363. The van der Waals surface area contributed by atoms with Crippen LogP contribution in [-0.4, -0.2) is 18.6 Å². The lowest BCUT2D eigenvalue weighted by atomic mass is 10.1. The second-order valence-electron chi connectivity index (χ2n) is 3.72. The van der Waals surface area contributed by atoms with Crippen LogP contribution in [0.3, 0.4) is 0 Å². The quantitative estimate of drug-likeness (QED) is 0.860. The first-order valence-electron chi connectivity index (χ1n) is 4.58. The summed E-state index contributed by atoms with van der Waals surface area (Å²) in [6, 6.07) is 7.63. The number of carbonyl (C=O) groups excluding carboxylic acids is 1. The van der Waals surface area contributed by atoms with E-state index in [2.05, 4.69) is 21.2 Å². The molecule has 0 heterocycles. The lowest BCUT2D eigenvalue weighted by Gasteiger charge is -2.24. The molecule has 3 nitrogen and oxygen atoms in total. The van der Waals surface area contributed by atoms with E-state index in [9.17, 15) is 4.79 Å². The molecule has 0 spiro atoms. The number of nitrogens with one attached hydrogen (secondary N) is 1. The number of halogens is 1. The third-order valence-corrected chi connectivity index (χ3v) is 2.71. The van der Waals surface area contributed by atoms with Crippen molar-refractivity contribution < 1.29 is 9.53 Å². The molecular formula is C11H14BrNO2. The summed E-state index contributed by atoms with van der Waals surface area (Å²) in [5, 5.41) is 3.12. The second-order valence-corrected chi connectivity index (χ2v) is 4.58. The van der Waals surface area contributed by atoms with Gasteiger partial charge in [-0.2, -0.15) is 0 Å². The Labute approximate surface area is 97.9 Å². The van der Waals surface area contributed by atoms with Gasteiger partial charge in [0.25, 0.3) is 0 Å². The van der Waals surface area contributed by atoms with E-state index in [1.807, 2.05) is 24.3 Å². The van der Waals surface area contributed by atoms with Crippen molar-refractivity contribution >= 4 is 27.6 Å². The molecule has 4 heteroatoms. The van der Waals surface area contributed by atoms with Gasteiger partial charge in [-0.15, -0.1) is 0 Å². The molecule has 0 radical (unpaired) electrons. The highest BCUT2D eigenvalue weighted by molar-refractivity contribution is 9.10. The average molecular weight is 272 g/mol. The van der Waals surface area contributed by atoms with Crippen LogP contribution in [-0.2, 0) is 9.53 Å². The second kappa shape index (κ2) is 4.66. The summed E-state index contributed by atoms with van der Waals surface area (Å²) in [5.41, 5.74) is 0.131. The highest BCUT2D eigenvalue weighted by Gasteiger charge is 2.28. The number of hydrogen-bond donors (Lipinski definition) is 1. The maximum Gasteiger partial charge on any atom is 0.330 e. The fraction of sp³-hybridized carbons (Fsp3) is 0.364. The molecule has 0 fully saturated rings. The van der Waals surface area contributed by atoms with E-state index in [1.54, 1.807) is 13.8 Å². The number of hydrogen-bond acceptors (Lipinski definition) is 3. The molecular weight excluding hydrogens is 258 g/mol. The average Bonchev–Trinajstić information content (AvgIpc) is 2.20. The maximum atomic E-state index is 11.4. The molecule has 1 aromatic rings. The number of methoxy groups -OCH3 is 1. The van der Waals surface area contributed by atoms with Gasteiger partial charge in [0.1, 0.15) is 5.54 Å². The van der Waals surface area contributed by atoms with E-state index >= 15 is 0 Å². The van der Waals surface area contributed by atoms with Gasteiger partial charge in [-0.05, 0) is 41.9 Å². The molecule has 0 aromatic heterocycles. The van der Waals surface area contributed by atoms with Crippen LogP contribution in [0.1, 0.15) is 13.8 Å². The first kappa shape index (κ1) is 12.0. The Morgan fingerprint density at radius 2 is 2.00 bits per heavy atom. The smallest absolute Gasteiger partial charge is 0.330 e. The van der Waals surface area contributed by atoms with E-state index < -0.39 is 5.54 Å². The van der Waals surface area contributed by atoms with Crippen molar-refractivity contribution in [3.8, 4) is 0 Å². The number of esters is 1. The largest absolute Gasteiger partial charge is 0.467 e. The minimum absolute atomic E-state index is 0.293. The van der Waals surface area contributed by atoms with Gasteiger partial charge in [-0.25, -0.2) is 4.79 Å². The molecule has 82 valence electrons. The Morgan fingerprint density at radius 1 is 1.40 bits per heavy atom. The van der Waals surface area contributed by atoms with E-state index in [0.717, 1.165) is 10.2 Å². The summed E-state index contributed by atoms with van der Waals surface area (Å²) in [7, 11) is 1.38. The summed E-state index contributed by atoms with van der Waals surface area (Å²) in [4.78, 5) is 11.4. The zero-order valence-corrected chi connectivity index (χ0v) is 10.6. The van der Waals surface area contributed by atoms with Crippen molar-refractivity contribution in [3.05, 3.63) is 28.7 Å². The van der Waals surface area contributed by atoms with Crippen LogP contribution in [0.5, 0.6) is 0 Å². The van der Waals surface area contributed by atoms with Crippen LogP contribution in [0.4, 0.5) is 5.69 Å². The third-order valence-electron chi connectivity index (χ3n) is 2.02. The minimum atomic E-state index is -0.737. The summed E-state index contributed by atoms with van der Waals surface area (Å²) in [5.74, 6) is -0.293. The topological polar surface area (TPSA) is 38.3 Å². The van der Waals surface area contributed by atoms with E-state index in [1.165, 1.54) is 7.11 Å². The van der Waals surface area contributed by atoms with Crippen LogP contribution in [0, 0.1) is 0 Å². The van der Waals surface area contributed by atoms with Crippen LogP contribution in [0.15, 0.2) is 28.7 Å². The van der Waals surface area contributed by atoms with Gasteiger partial charge in [0.2, 0.25) is 0 Å². The minimum Gasteiger partial charge on any atom is -0.467 e. The maximum absolute atomic E-state index is 11.4. The van der Waals surface area contributed by atoms with Gasteiger partial charge in [0, 0.05) is 10.2 Å². The van der Waals surface area contributed by atoms with Crippen molar-refractivity contribution in [1.82, 2.24) is 0 Å². The molecule has 0 aliphatic heterocycles. The lowest BCUT2D eigenvalue weighted by molar-refractivity contribution is -0.144. The SMILES string of the molecule is COC(=O)C(C)(C)Nc1ccccc1Br. The Morgan fingerprint density at radius 3 is 2.53 bits per heavy atom. The van der Waals surface area contributed by atoms with E-state index in [4.69, 9.17) is 4.74 Å². The summed E-state index contributed by atoms with van der Waals surface area (Å²) < 4.78 is 5.63. The van der Waals surface area contributed by atoms with Crippen molar-refractivity contribution in [2.75, 3.05) is 12.4 Å². The fourth-order valence-corrected chi connectivity index (χ4v) is 1.59. The summed E-state index contributed by atoms with van der Waals surface area (Å²) in [6.45, 7) is 3.55. The predicted octanol–water partition coefficient (Wildman–Crippen LogP) is 2.81. The number of benzene rings is 1. The predicted molar refractivity (Wildman–Crippen MR) is 63.9 cm³/mol. The van der Waals surface area contributed by atoms with Crippen molar-refractivity contribution in [1.29, 1.82) is 0 Å². The van der Waals surface area contributed by atoms with Crippen molar-refractivity contribution in [3.63, 3.8) is 0 Å². The molecule has 0 bridgehead atoms. The zero-order valence-electron chi connectivity index (χ0n) is 9.00. The van der Waals surface area contributed by atoms with E-state index in [-0.39, 0.29) is 5.97 Å². The molecule has 0 saturated carbocycles. The zero-order chi connectivity index (χ0) is 11.5. The van der Waals surface area contributed by atoms with E-state index in [0.29, 0.717) is 0 Å². The van der Waals surface area contributed by atoms with Crippen LogP contribution >= 0.6 is 15.9 Å². The third kappa shape index (κ3) is 2.96. The number of anilines is 1. The molecule has 0 saturated heterocycles. The number of para-hydroxylation sites is 1. The number of ether oxygens (including phenoxy) is 1. The number of carbonyl (C=O) groups is 1. The first-order valence-corrected chi connectivity index (χ1v) is 5.38. The summed E-state index contributed by atoms with van der Waals surface area (Å²) in [6.07, 6.45) is 0. The molecule has 0 aliphatic rings. The first-order chi connectivity index (χ1) is 6.97. The highest BCUT2D eigenvalue weighted by atomic mass is 79.9. The molecule has 0 amide bonds. The molecule has 15 heavy (non-hydrogen) atoms. The molecule has 1 aromatic carbocycles. The van der Waals surface area contributed by atoms with Crippen molar-refractivity contribution in [2.45, 2.75) is 19.4 Å².